The van der Waals surface area contributed by atoms with Gasteiger partial charge < -0.3 is 15.6 Å². The Bertz CT molecular complexity index is 159. The van der Waals surface area contributed by atoms with Crippen LogP contribution in [0.15, 0.2) is 0 Å². The van der Waals surface area contributed by atoms with E-state index in [0.29, 0.717) is 6.42 Å². The van der Waals surface area contributed by atoms with Crippen molar-refractivity contribution in [3.63, 3.8) is 0 Å². The van der Waals surface area contributed by atoms with Gasteiger partial charge in [-0.3, -0.25) is 4.79 Å². The summed E-state index contributed by atoms with van der Waals surface area (Å²) >= 11 is 0. The molecule has 0 spiro atoms. The Morgan fingerprint density at radius 3 is 2.64 bits per heavy atom. The fraction of sp³-hybridized carbons (Fsp3) is 0.900. The number of carbonyl (C=O) groups excluding carboxylic acids is 1. The van der Waals surface area contributed by atoms with Crippen LogP contribution in [0.2, 0.25) is 0 Å². The van der Waals surface area contributed by atoms with Crippen molar-refractivity contribution in [2.45, 2.75) is 45.8 Å². The minimum atomic E-state index is -0.918. The first-order valence-corrected chi connectivity index (χ1v) is 5.17. The molecule has 0 aliphatic heterocycles. The highest BCUT2D eigenvalue weighted by Crippen LogP contribution is 2.03. The van der Waals surface area contributed by atoms with Gasteiger partial charge in [-0.25, -0.2) is 0 Å². The van der Waals surface area contributed by atoms with Crippen LogP contribution in [-0.2, 0) is 9.53 Å². The minimum absolute atomic E-state index is 0.197. The first-order valence-electron chi connectivity index (χ1n) is 5.17. The zero-order valence-electron chi connectivity index (χ0n) is 9.03. The smallest absolute Gasteiger partial charge is 0.305 e. The Morgan fingerprint density at radius 1 is 1.50 bits per heavy atom. The number of aliphatic hydroxyl groups excluding tert-OH is 1. The van der Waals surface area contributed by atoms with Gasteiger partial charge in [0.15, 0.2) is 0 Å². The van der Waals surface area contributed by atoms with Crippen molar-refractivity contribution in [2.24, 2.45) is 11.7 Å². The fourth-order valence-corrected chi connectivity index (χ4v) is 0.914. The third-order valence-electron chi connectivity index (χ3n) is 2.07. The summed E-state index contributed by atoms with van der Waals surface area (Å²) in [6, 6.07) is 0. The number of aliphatic hydroxyl groups is 1. The highest BCUT2D eigenvalue weighted by atomic mass is 16.5. The molecule has 0 rings (SSSR count). The van der Waals surface area contributed by atoms with Gasteiger partial charge in [-0.15, -0.1) is 0 Å². The normalized spacial score (nSPS) is 14.9. The topological polar surface area (TPSA) is 72.5 Å². The summed E-state index contributed by atoms with van der Waals surface area (Å²) in [5, 5.41) is 8.93. The molecule has 0 radical (unpaired) electrons. The van der Waals surface area contributed by atoms with E-state index in [4.69, 9.17) is 15.6 Å². The van der Waals surface area contributed by atoms with E-state index in [-0.39, 0.29) is 18.5 Å². The standard InChI is InChI=1S/C10H21NO3/c1-3-4-5-6-9(12)14-7-8(2)10(11)13/h8,10,13H,3-7,11H2,1-2H3. The van der Waals surface area contributed by atoms with Gasteiger partial charge in [0.1, 0.15) is 6.23 Å². The van der Waals surface area contributed by atoms with E-state index in [1.54, 1.807) is 6.92 Å². The second kappa shape index (κ2) is 7.76. The first kappa shape index (κ1) is 13.4. The molecule has 0 fully saturated rings. The minimum Gasteiger partial charge on any atom is -0.465 e. The van der Waals surface area contributed by atoms with Crippen molar-refractivity contribution in [3.8, 4) is 0 Å². The Morgan fingerprint density at radius 2 is 2.14 bits per heavy atom. The first-order chi connectivity index (χ1) is 6.57. The lowest BCUT2D eigenvalue weighted by atomic mass is 10.2. The quantitative estimate of drug-likeness (QED) is 0.368. The van der Waals surface area contributed by atoms with E-state index < -0.39 is 6.23 Å². The molecule has 0 saturated carbocycles. The van der Waals surface area contributed by atoms with Gasteiger partial charge in [0.05, 0.1) is 6.61 Å². The molecule has 0 amide bonds. The van der Waals surface area contributed by atoms with Gasteiger partial charge in [-0.2, -0.15) is 0 Å². The Labute approximate surface area is 85.4 Å². The van der Waals surface area contributed by atoms with Crippen molar-refractivity contribution in [1.82, 2.24) is 0 Å². The molecule has 2 atom stereocenters. The number of ether oxygens (including phenoxy) is 1. The fourth-order valence-electron chi connectivity index (χ4n) is 0.914. The zero-order chi connectivity index (χ0) is 11.0. The van der Waals surface area contributed by atoms with Crippen LogP contribution >= 0.6 is 0 Å². The summed E-state index contributed by atoms with van der Waals surface area (Å²) in [5.74, 6) is -0.406. The zero-order valence-corrected chi connectivity index (χ0v) is 9.03. The lowest BCUT2D eigenvalue weighted by molar-refractivity contribution is -0.146. The number of hydrogen-bond donors (Lipinski definition) is 2. The molecule has 0 aromatic heterocycles. The maximum Gasteiger partial charge on any atom is 0.305 e. The van der Waals surface area contributed by atoms with Crippen molar-refractivity contribution >= 4 is 5.97 Å². The number of carbonyl (C=O) groups is 1. The van der Waals surface area contributed by atoms with Gasteiger partial charge in [0, 0.05) is 12.3 Å². The predicted octanol–water partition coefficient (Wildman–Crippen LogP) is 1.02. The molecule has 0 aliphatic carbocycles. The highest BCUT2D eigenvalue weighted by Gasteiger charge is 2.11. The molecule has 0 heterocycles. The molecule has 2 unspecified atom stereocenters. The maximum absolute atomic E-state index is 11.1. The molecular weight excluding hydrogens is 182 g/mol. The molecule has 4 heteroatoms. The van der Waals surface area contributed by atoms with Crippen molar-refractivity contribution in [2.75, 3.05) is 6.61 Å². The van der Waals surface area contributed by atoms with Crippen LogP contribution in [-0.4, -0.2) is 23.9 Å². The summed E-state index contributed by atoms with van der Waals surface area (Å²) in [6.45, 7) is 4.02. The van der Waals surface area contributed by atoms with Crippen LogP contribution < -0.4 is 5.73 Å². The Balaban J connectivity index is 3.44. The highest BCUT2D eigenvalue weighted by molar-refractivity contribution is 5.69. The maximum atomic E-state index is 11.1. The number of unbranched alkanes of at least 4 members (excludes halogenated alkanes) is 2. The third-order valence-corrected chi connectivity index (χ3v) is 2.07. The van der Waals surface area contributed by atoms with Crippen LogP contribution in [0.3, 0.4) is 0 Å². The van der Waals surface area contributed by atoms with E-state index >= 15 is 0 Å². The molecule has 3 N–H and O–H groups in total. The van der Waals surface area contributed by atoms with Crippen LogP contribution in [0.1, 0.15) is 39.5 Å². The molecule has 0 saturated heterocycles. The van der Waals surface area contributed by atoms with E-state index in [1.807, 2.05) is 0 Å². The SMILES string of the molecule is CCCCCC(=O)OCC(C)C(N)O. The predicted molar refractivity (Wildman–Crippen MR) is 54.5 cm³/mol. The van der Waals surface area contributed by atoms with E-state index in [9.17, 15) is 4.79 Å². The molecule has 4 nitrogen and oxygen atoms in total. The molecule has 0 aliphatic rings. The second-order valence-electron chi connectivity index (χ2n) is 3.61. The van der Waals surface area contributed by atoms with Gasteiger partial charge in [0.25, 0.3) is 0 Å². The van der Waals surface area contributed by atoms with Crippen molar-refractivity contribution in [3.05, 3.63) is 0 Å². The lowest BCUT2D eigenvalue weighted by Gasteiger charge is -2.14. The molecule has 0 aromatic rings. The summed E-state index contributed by atoms with van der Waals surface area (Å²) < 4.78 is 4.93. The second-order valence-corrected chi connectivity index (χ2v) is 3.61. The summed E-state index contributed by atoms with van der Waals surface area (Å²) in [7, 11) is 0. The largest absolute Gasteiger partial charge is 0.465 e. The average molecular weight is 203 g/mol. The summed E-state index contributed by atoms with van der Waals surface area (Å²) in [5.41, 5.74) is 5.21. The molecule has 0 aromatic carbocycles. The van der Waals surface area contributed by atoms with Gasteiger partial charge >= 0.3 is 5.97 Å². The van der Waals surface area contributed by atoms with Gasteiger partial charge in [-0.1, -0.05) is 26.7 Å². The number of nitrogens with two attached hydrogens (primary N) is 1. The van der Waals surface area contributed by atoms with E-state index in [0.717, 1.165) is 19.3 Å². The summed E-state index contributed by atoms with van der Waals surface area (Å²) in [6.07, 6.45) is 2.55. The van der Waals surface area contributed by atoms with Crippen LogP contribution in [0, 0.1) is 5.92 Å². The van der Waals surface area contributed by atoms with Gasteiger partial charge in [0.2, 0.25) is 0 Å². The van der Waals surface area contributed by atoms with Crippen LogP contribution in [0.25, 0.3) is 0 Å². The summed E-state index contributed by atoms with van der Waals surface area (Å²) in [4.78, 5) is 11.1. The van der Waals surface area contributed by atoms with Crippen molar-refractivity contribution < 1.29 is 14.6 Å². The van der Waals surface area contributed by atoms with Crippen LogP contribution in [0.5, 0.6) is 0 Å². The monoisotopic (exact) mass is 203 g/mol. The lowest BCUT2D eigenvalue weighted by Crippen LogP contribution is -2.31. The Kier molecular flexibility index (Phi) is 7.42. The number of esters is 1. The number of rotatable bonds is 7. The molecule has 84 valence electrons. The molecular formula is C10H21NO3. The van der Waals surface area contributed by atoms with Crippen molar-refractivity contribution in [1.29, 1.82) is 0 Å². The Hall–Kier alpha value is -0.610. The van der Waals surface area contributed by atoms with Crippen LogP contribution in [0.4, 0.5) is 0 Å². The van der Waals surface area contributed by atoms with Gasteiger partial charge in [-0.05, 0) is 6.42 Å². The number of hydrogen-bond acceptors (Lipinski definition) is 4. The van der Waals surface area contributed by atoms with E-state index in [1.165, 1.54) is 0 Å². The molecule has 0 bridgehead atoms. The third kappa shape index (κ3) is 6.86. The molecule has 14 heavy (non-hydrogen) atoms. The van der Waals surface area contributed by atoms with E-state index in [2.05, 4.69) is 6.92 Å². The average Bonchev–Trinajstić information content (AvgIpc) is 2.14.